The maximum absolute atomic E-state index is 12.7. The van der Waals surface area contributed by atoms with E-state index in [2.05, 4.69) is 15.0 Å². The third-order valence-corrected chi connectivity index (χ3v) is 5.64. The molecule has 0 aromatic carbocycles. The number of nitrogen functional groups attached to an aromatic ring is 1. The van der Waals surface area contributed by atoms with Gasteiger partial charge >= 0.3 is 7.60 Å². The Labute approximate surface area is 154 Å². The highest BCUT2D eigenvalue weighted by Crippen LogP contribution is 2.50. The highest BCUT2D eigenvalue weighted by molar-refractivity contribution is 7.53. The number of nitrogens with zero attached hydrogens (tertiary/aromatic N) is 3. The smallest absolute Gasteiger partial charge is 0.356 e. The number of nitrogens with one attached hydrogen (secondary N) is 1. The average Bonchev–Trinajstić information content (AvgIpc) is 3.18. The van der Waals surface area contributed by atoms with Crippen molar-refractivity contribution in [1.29, 1.82) is 0 Å². The summed E-state index contributed by atoms with van der Waals surface area (Å²) in [6.07, 6.45) is 0.00184. The topological polar surface area (TPSA) is 164 Å². The first-order chi connectivity index (χ1) is 12.8. The number of hydrogen-bond acceptors (Lipinski definition) is 10. The normalized spacial score (nSPS) is 23.3. The third kappa shape index (κ3) is 3.91. The summed E-state index contributed by atoms with van der Waals surface area (Å²) in [6, 6.07) is 0. The number of fused-ring (bicyclic) bond motifs is 1. The summed E-state index contributed by atoms with van der Waals surface area (Å²) in [5.74, 6) is -1.71. The Bertz CT molecular complexity index is 905. The zero-order chi connectivity index (χ0) is 19.7. The van der Waals surface area contributed by atoms with Gasteiger partial charge < -0.3 is 29.4 Å². The van der Waals surface area contributed by atoms with Crippen LogP contribution in [0.1, 0.15) is 20.3 Å². The van der Waals surface area contributed by atoms with Crippen LogP contribution in [-0.4, -0.2) is 56.9 Å². The van der Waals surface area contributed by atoms with Crippen LogP contribution in [0.25, 0.3) is 11.2 Å². The maximum Gasteiger partial charge on any atom is 0.356 e. The van der Waals surface area contributed by atoms with Crippen LogP contribution in [0.3, 0.4) is 0 Å². The number of rotatable bonds is 8. The van der Waals surface area contributed by atoms with E-state index in [0.29, 0.717) is 0 Å². The van der Waals surface area contributed by atoms with Crippen molar-refractivity contribution in [3.8, 4) is 0 Å². The minimum atomic E-state index is -3.55. The van der Waals surface area contributed by atoms with Crippen molar-refractivity contribution in [2.45, 2.75) is 32.3 Å². The number of aromatic amines is 1. The van der Waals surface area contributed by atoms with E-state index in [1.807, 2.05) is 0 Å². The molecule has 0 aliphatic carbocycles. The van der Waals surface area contributed by atoms with E-state index >= 15 is 0 Å². The Kier molecular flexibility index (Phi) is 5.65. The summed E-state index contributed by atoms with van der Waals surface area (Å²) in [4.78, 5) is 22.5. The quantitative estimate of drug-likeness (QED) is 0.523. The number of aliphatic hydroxyl groups is 1. The van der Waals surface area contributed by atoms with Gasteiger partial charge in [0.25, 0.3) is 11.5 Å². The highest BCUT2D eigenvalue weighted by atomic mass is 31.2. The fourth-order valence-electron chi connectivity index (χ4n) is 2.84. The van der Waals surface area contributed by atoms with Gasteiger partial charge in [-0.15, -0.1) is 0 Å². The average molecular weight is 403 g/mol. The van der Waals surface area contributed by atoms with E-state index in [1.165, 1.54) is 10.9 Å². The van der Waals surface area contributed by atoms with Crippen molar-refractivity contribution < 1.29 is 28.2 Å². The molecule has 3 rings (SSSR count). The first-order valence-electron chi connectivity index (χ1n) is 8.40. The first kappa shape index (κ1) is 19.9. The summed E-state index contributed by atoms with van der Waals surface area (Å²) < 4.78 is 36.0. The number of imidazole rings is 1. The van der Waals surface area contributed by atoms with Gasteiger partial charge in [-0.05, 0) is 13.8 Å². The zero-order valence-corrected chi connectivity index (χ0v) is 15.8. The van der Waals surface area contributed by atoms with Crippen LogP contribution in [0, 0.1) is 0 Å². The molecule has 150 valence electrons. The predicted molar refractivity (Wildman–Crippen MR) is 93.9 cm³/mol. The fourth-order valence-corrected chi connectivity index (χ4v) is 4.21. The van der Waals surface area contributed by atoms with Gasteiger partial charge in [0.15, 0.2) is 17.5 Å². The Hall–Kier alpha value is -1.82. The molecule has 0 bridgehead atoms. The van der Waals surface area contributed by atoms with Crippen LogP contribution in [0.15, 0.2) is 11.1 Å². The Morgan fingerprint density at radius 2 is 2.19 bits per heavy atom. The van der Waals surface area contributed by atoms with Crippen molar-refractivity contribution in [1.82, 2.24) is 19.5 Å². The molecule has 1 saturated heterocycles. The Balaban J connectivity index is 1.99. The van der Waals surface area contributed by atoms with Gasteiger partial charge in [0.05, 0.1) is 32.3 Å². The number of ether oxygens (including phenoxy) is 2. The largest absolute Gasteiger partial charge is 0.390 e. The molecule has 12 nitrogen and oxygen atoms in total. The maximum atomic E-state index is 12.7. The minimum Gasteiger partial charge on any atom is -0.390 e. The minimum absolute atomic E-state index is 0.00884. The van der Waals surface area contributed by atoms with Gasteiger partial charge in [0.1, 0.15) is 6.33 Å². The Morgan fingerprint density at radius 3 is 2.78 bits per heavy atom. The molecular formula is C14H22N5O7P. The molecule has 2 aromatic heterocycles. The number of H-pyrrole nitrogens is 1. The van der Waals surface area contributed by atoms with Crippen LogP contribution in [0.2, 0.25) is 0 Å². The summed E-state index contributed by atoms with van der Waals surface area (Å²) >= 11 is 0. The molecule has 1 aliphatic heterocycles. The molecule has 2 aromatic rings. The number of nitrogens with two attached hydrogens (primary N) is 1. The van der Waals surface area contributed by atoms with Crippen LogP contribution in [0.4, 0.5) is 5.95 Å². The standard InChI is InChI=1S/C14H22N5O7P/c1-3-25-27(22,26-4-2)8-24-14(5-9(20)6-23-14)19-7-16-10-11(19)17-13(15)18-12(10)21/h7,9,20H,3-6,8H2,1-2H3,(H3,15,17,18,21)/t9-,14-/m0/s1. The molecule has 0 spiro atoms. The molecular weight excluding hydrogens is 381 g/mol. The molecule has 13 heteroatoms. The van der Waals surface area contributed by atoms with Crippen molar-refractivity contribution in [3.63, 3.8) is 0 Å². The molecule has 27 heavy (non-hydrogen) atoms. The summed E-state index contributed by atoms with van der Waals surface area (Å²) in [5, 5.41) is 10.00. The van der Waals surface area contributed by atoms with Gasteiger partial charge in [-0.25, -0.2) is 4.98 Å². The number of aromatic nitrogens is 4. The highest BCUT2D eigenvalue weighted by Gasteiger charge is 2.46. The summed E-state index contributed by atoms with van der Waals surface area (Å²) in [5.41, 5.74) is 5.22. The molecule has 3 heterocycles. The molecule has 1 fully saturated rings. The van der Waals surface area contributed by atoms with Crippen LogP contribution in [-0.2, 0) is 29.0 Å². The van der Waals surface area contributed by atoms with Crippen molar-refractivity contribution >= 4 is 24.7 Å². The first-order valence-corrected chi connectivity index (χ1v) is 10.1. The molecule has 0 amide bonds. The SMILES string of the molecule is CCOP(=O)(CO[C@]1(n2cnc3c(=O)[nH]c(N)nc32)C[C@H](O)CO1)OCC. The van der Waals surface area contributed by atoms with E-state index in [-0.39, 0.29) is 43.4 Å². The van der Waals surface area contributed by atoms with Gasteiger partial charge in [-0.2, -0.15) is 4.98 Å². The van der Waals surface area contributed by atoms with E-state index in [4.69, 9.17) is 24.3 Å². The summed E-state index contributed by atoms with van der Waals surface area (Å²) in [7, 11) is -3.55. The molecule has 0 unspecified atom stereocenters. The second-order valence-electron chi connectivity index (χ2n) is 5.84. The molecule has 0 radical (unpaired) electrons. The van der Waals surface area contributed by atoms with Gasteiger partial charge in [-0.3, -0.25) is 18.9 Å². The van der Waals surface area contributed by atoms with Crippen molar-refractivity contribution in [2.75, 3.05) is 31.9 Å². The third-order valence-electron chi connectivity index (χ3n) is 3.89. The van der Waals surface area contributed by atoms with Crippen LogP contribution < -0.4 is 11.3 Å². The monoisotopic (exact) mass is 403 g/mol. The van der Waals surface area contributed by atoms with E-state index in [9.17, 15) is 14.5 Å². The van der Waals surface area contributed by atoms with E-state index in [1.54, 1.807) is 13.8 Å². The lowest BCUT2D eigenvalue weighted by Crippen LogP contribution is -2.37. The molecule has 1 aliphatic rings. The molecule has 2 atom stereocenters. The lowest BCUT2D eigenvalue weighted by Gasteiger charge is -2.31. The van der Waals surface area contributed by atoms with Gasteiger partial charge in [0, 0.05) is 0 Å². The predicted octanol–water partition coefficient (Wildman–Crippen LogP) is 0.333. The fraction of sp³-hybridized carbons (Fsp3) is 0.643. The molecule has 4 N–H and O–H groups in total. The number of hydrogen-bond donors (Lipinski definition) is 3. The lowest BCUT2D eigenvalue weighted by atomic mass is 10.2. The van der Waals surface area contributed by atoms with E-state index in [0.717, 1.165) is 0 Å². The lowest BCUT2D eigenvalue weighted by molar-refractivity contribution is -0.259. The second kappa shape index (κ2) is 7.66. The molecule has 0 saturated carbocycles. The van der Waals surface area contributed by atoms with Crippen molar-refractivity contribution in [2.24, 2.45) is 0 Å². The van der Waals surface area contributed by atoms with Crippen LogP contribution in [0.5, 0.6) is 0 Å². The Morgan fingerprint density at radius 1 is 1.48 bits per heavy atom. The number of anilines is 1. The van der Waals surface area contributed by atoms with Gasteiger partial charge in [-0.1, -0.05) is 0 Å². The van der Waals surface area contributed by atoms with E-state index < -0.39 is 31.5 Å². The van der Waals surface area contributed by atoms with Crippen LogP contribution >= 0.6 is 7.60 Å². The summed E-state index contributed by atoms with van der Waals surface area (Å²) in [6.45, 7) is 3.66. The van der Waals surface area contributed by atoms with Gasteiger partial charge in [0.2, 0.25) is 5.95 Å². The number of aliphatic hydroxyl groups excluding tert-OH is 1. The zero-order valence-electron chi connectivity index (χ0n) is 15.0. The van der Waals surface area contributed by atoms with Crippen molar-refractivity contribution in [3.05, 3.63) is 16.7 Å². The second-order valence-corrected chi connectivity index (χ2v) is 7.84.